The van der Waals surface area contributed by atoms with Crippen molar-refractivity contribution >= 4 is 0 Å². The van der Waals surface area contributed by atoms with Gasteiger partial charge in [0, 0.05) is 5.92 Å². The van der Waals surface area contributed by atoms with Gasteiger partial charge in [-0.3, -0.25) is 0 Å². The smallest absolute Gasteiger partial charge is 0.122 e. The normalized spacial score (nSPS) is 20.9. The molecule has 0 amide bonds. The Morgan fingerprint density at radius 2 is 2.33 bits per heavy atom. The lowest BCUT2D eigenvalue weighted by molar-refractivity contribution is 0.205. The molecule has 15 heavy (non-hydrogen) atoms. The monoisotopic (exact) mass is 201 g/mol. The molecule has 2 unspecified atom stereocenters. The molecule has 2 heteroatoms. The van der Waals surface area contributed by atoms with Gasteiger partial charge in [-0.2, -0.15) is 0 Å². The van der Waals surface area contributed by atoms with Gasteiger partial charge in [-0.15, -0.1) is 6.42 Å². The fourth-order valence-corrected chi connectivity index (χ4v) is 2.02. The molecule has 0 aliphatic carbocycles. The van der Waals surface area contributed by atoms with Crippen LogP contribution in [0.25, 0.3) is 0 Å². The van der Waals surface area contributed by atoms with Gasteiger partial charge in [-0.1, -0.05) is 24.1 Å². The van der Waals surface area contributed by atoms with Crippen LogP contribution in [0.4, 0.5) is 0 Å². The van der Waals surface area contributed by atoms with Crippen LogP contribution in [0.1, 0.15) is 5.56 Å². The molecule has 0 bridgehead atoms. The van der Waals surface area contributed by atoms with Gasteiger partial charge < -0.3 is 10.1 Å². The number of ether oxygens (including phenoxy) is 1. The summed E-state index contributed by atoms with van der Waals surface area (Å²) in [5.74, 6) is 4.13. The van der Waals surface area contributed by atoms with Crippen molar-refractivity contribution < 1.29 is 4.74 Å². The maximum atomic E-state index is 5.69. The topological polar surface area (TPSA) is 21.3 Å². The summed E-state index contributed by atoms with van der Waals surface area (Å²) in [5, 5.41) is 3.14. The second-order valence-corrected chi connectivity index (χ2v) is 3.82. The van der Waals surface area contributed by atoms with E-state index < -0.39 is 0 Å². The highest BCUT2D eigenvalue weighted by molar-refractivity contribution is 5.35. The Morgan fingerprint density at radius 3 is 3.07 bits per heavy atom. The van der Waals surface area contributed by atoms with Crippen molar-refractivity contribution in [2.24, 2.45) is 5.92 Å². The van der Waals surface area contributed by atoms with Gasteiger partial charge in [0.2, 0.25) is 0 Å². The number of fused-ring (bicyclic) bond motifs is 1. The number of rotatable bonds is 2. The van der Waals surface area contributed by atoms with E-state index in [4.69, 9.17) is 11.2 Å². The summed E-state index contributed by atoms with van der Waals surface area (Å²) >= 11 is 0. The molecule has 0 saturated heterocycles. The van der Waals surface area contributed by atoms with E-state index >= 15 is 0 Å². The van der Waals surface area contributed by atoms with Crippen molar-refractivity contribution in [3.8, 4) is 18.1 Å². The van der Waals surface area contributed by atoms with E-state index in [0.717, 1.165) is 12.2 Å². The van der Waals surface area contributed by atoms with E-state index in [9.17, 15) is 0 Å². The van der Waals surface area contributed by atoms with Gasteiger partial charge in [-0.25, -0.2) is 0 Å². The van der Waals surface area contributed by atoms with Crippen molar-refractivity contribution in [2.75, 3.05) is 13.7 Å². The highest BCUT2D eigenvalue weighted by Gasteiger charge is 2.24. The molecule has 1 aliphatic heterocycles. The van der Waals surface area contributed by atoms with E-state index in [2.05, 4.69) is 17.3 Å². The molecular formula is C13H15NO. The molecule has 2 atom stereocenters. The molecule has 1 aromatic rings. The highest BCUT2D eigenvalue weighted by atomic mass is 16.5. The number of hydrogen-bond donors (Lipinski definition) is 1. The fourth-order valence-electron chi connectivity index (χ4n) is 2.02. The quantitative estimate of drug-likeness (QED) is 0.731. The van der Waals surface area contributed by atoms with Crippen LogP contribution in [0.15, 0.2) is 24.3 Å². The van der Waals surface area contributed by atoms with Crippen molar-refractivity contribution in [2.45, 2.75) is 12.5 Å². The van der Waals surface area contributed by atoms with E-state index in [1.807, 2.05) is 25.2 Å². The molecule has 0 spiro atoms. The minimum atomic E-state index is 0.0957. The van der Waals surface area contributed by atoms with Crippen LogP contribution in [0.2, 0.25) is 0 Å². The predicted molar refractivity (Wildman–Crippen MR) is 60.8 cm³/mol. The van der Waals surface area contributed by atoms with E-state index in [-0.39, 0.29) is 6.04 Å². The van der Waals surface area contributed by atoms with Gasteiger partial charge >= 0.3 is 0 Å². The van der Waals surface area contributed by atoms with Crippen LogP contribution < -0.4 is 10.1 Å². The number of hydrogen-bond acceptors (Lipinski definition) is 2. The number of benzene rings is 1. The lowest BCUT2D eigenvalue weighted by Crippen LogP contribution is -2.38. The number of nitrogens with one attached hydrogen (secondary N) is 1. The van der Waals surface area contributed by atoms with E-state index in [1.54, 1.807) is 0 Å². The molecule has 2 nitrogen and oxygen atoms in total. The third kappa shape index (κ3) is 1.98. The van der Waals surface area contributed by atoms with Crippen molar-refractivity contribution in [1.82, 2.24) is 5.32 Å². The van der Waals surface area contributed by atoms with Gasteiger partial charge in [0.25, 0.3) is 0 Å². The van der Waals surface area contributed by atoms with Crippen LogP contribution in [-0.4, -0.2) is 19.7 Å². The minimum Gasteiger partial charge on any atom is -0.493 e. The lowest BCUT2D eigenvalue weighted by atomic mass is 9.91. The maximum Gasteiger partial charge on any atom is 0.122 e. The summed E-state index contributed by atoms with van der Waals surface area (Å²) in [6.45, 7) is 0.701. The molecule has 0 aromatic heterocycles. The summed E-state index contributed by atoms with van der Waals surface area (Å²) in [6.07, 6.45) is 6.46. The summed E-state index contributed by atoms with van der Waals surface area (Å²) in [5.41, 5.74) is 1.25. The molecule has 2 rings (SSSR count). The van der Waals surface area contributed by atoms with E-state index in [1.165, 1.54) is 5.56 Å². The molecule has 78 valence electrons. The SMILES string of the molecule is C#CC(NC)C1COc2ccccc2C1. The average molecular weight is 201 g/mol. The average Bonchev–Trinajstić information content (AvgIpc) is 2.30. The molecule has 1 heterocycles. The fraction of sp³-hybridized carbons (Fsp3) is 0.385. The Labute approximate surface area is 90.6 Å². The van der Waals surface area contributed by atoms with Gasteiger partial charge in [0.15, 0.2) is 0 Å². The molecule has 0 fully saturated rings. The van der Waals surface area contributed by atoms with Crippen LogP contribution in [0, 0.1) is 18.3 Å². The summed E-state index contributed by atoms with van der Waals surface area (Å²) in [7, 11) is 1.89. The van der Waals surface area contributed by atoms with Crippen LogP contribution in [0.5, 0.6) is 5.75 Å². The first kappa shape index (κ1) is 10.1. The Balaban J connectivity index is 2.15. The minimum absolute atomic E-state index is 0.0957. The zero-order valence-corrected chi connectivity index (χ0v) is 8.86. The van der Waals surface area contributed by atoms with Gasteiger partial charge in [0.05, 0.1) is 12.6 Å². The number of para-hydroxylation sites is 1. The maximum absolute atomic E-state index is 5.69. The Morgan fingerprint density at radius 1 is 1.53 bits per heavy atom. The molecular weight excluding hydrogens is 186 g/mol. The van der Waals surface area contributed by atoms with Gasteiger partial charge in [-0.05, 0) is 25.1 Å². The lowest BCUT2D eigenvalue weighted by Gasteiger charge is -2.28. The number of terminal acetylenes is 1. The first-order valence-corrected chi connectivity index (χ1v) is 5.19. The molecule has 1 aromatic carbocycles. The molecule has 1 aliphatic rings. The molecule has 1 N–H and O–H groups in total. The third-order valence-electron chi connectivity index (χ3n) is 2.87. The second kappa shape index (κ2) is 4.37. The summed E-state index contributed by atoms with van der Waals surface area (Å²) < 4.78 is 5.69. The zero-order chi connectivity index (χ0) is 10.7. The standard InChI is InChI=1S/C13H15NO/c1-3-12(14-2)11-8-10-6-4-5-7-13(10)15-9-11/h1,4-7,11-12,14H,8-9H2,2H3. The summed E-state index contributed by atoms with van der Waals surface area (Å²) in [4.78, 5) is 0. The van der Waals surface area contributed by atoms with Crippen LogP contribution in [0.3, 0.4) is 0 Å². The van der Waals surface area contributed by atoms with E-state index in [0.29, 0.717) is 12.5 Å². The predicted octanol–water partition coefficient (Wildman–Crippen LogP) is 1.46. The first-order chi connectivity index (χ1) is 7.35. The molecule has 0 saturated carbocycles. The van der Waals surface area contributed by atoms with Crippen LogP contribution >= 0.6 is 0 Å². The Hall–Kier alpha value is -1.46. The first-order valence-electron chi connectivity index (χ1n) is 5.19. The largest absolute Gasteiger partial charge is 0.493 e. The Bertz CT molecular complexity index is 380. The van der Waals surface area contributed by atoms with Gasteiger partial charge in [0.1, 0.15) is 5.75 Å². The summed E-state index contributed by atoms with van der Waals surface area (Å²) in [6, 6.07) is 8.24. The van der Waals surface area contributed by atoms with Crippen molar-refractivity contribution in [3.63, 3.8) is 0 Å². The third-order valence-corrected chi connectivity index (χ3v) is 2.87. The van der Waals surface area contributed by atoms with Crippen molar-refractivity contribution in [3.05, 3.63) is 29.8 Å². The van der Waals surface area contributed by atoms with Crippen molar-refractivity contribution in [1.29, 1.82) is 0 Å². The van der Waals surface area contributed by atoms with Crippen LogP contribution in [-0.2, 0) is 6.42 Å². The zero-order valence-electron chi connectivity index (χ0n) is 8.86. The second-order valence-electron chi connectivity index (χ2n) is 3.82. The Kier molecular flexibility index (Phi) is 2.94. The molecule has 0 radical (unpaired) electrons. The highest BCUT2D eigenvalue weighted by Crippen LogP contribution is 2.27.